The summed E-state index contributed by atoms with van der Waals surface area (Å²) >= 11 is 5.81. The minimum absolute atomic E-state index is 0.00470. The quantitative estimate of drug-likeness (QED) is 0.768. The van der Waals surface area contributed by atoms with Gasteiger partial charge >= 0.3 is 0 Å². The third-order valence-corrected chi connectivity index (χ3v) is 4.40. The molecule has 1 saturated heterocycles. The number of hydrogen-bond donors (Lipinski definition) is 0. The maximum absolute atomic E-state index is 12.3. The van der Waals surface area contributed by atoms with E-state index < -0.39 is 0 Å². The predicted molar refractivity (Wildman–Crippen MR) is 84.7 cm³/mol. The van der Waals surface area contributed by atoms with Crippen molar-refractivity contribution < 1.29 is 9.59 Å². The monoisotopic (exact) mass is 307 g/mol. The Bertz CT molecular complexity index is 498. The Kier molecular flexibility index (Phi) is 5.80. The second-order valence-electron chi connectivity index (χ2n) is 5.58. The van der Waals surface area contributed by atoms with Crippen molar-refractivity contribution in [3.8, 4) is 0 Å². The van der Waals surface area contributed by atoms with Gasteiger partial charge in [0, 0.05) is 36.0 Å². The van der Waals surface area contributed by atoms with Gasteiger partial charge in [0.15, 0.2) is 5.78 Å². The van der Waals surface area contributed by atoms with Gasteiger partial charge in [-0.05, 0) is 49.9 Å². The van der Waals surface area contributed by atoms with Crippen LogP contribution in [0.4, 0.5) is 0 Å². The highest BCUT2D eigenvalue weighted by Crippen LogP contribution is 2.21. The predicted octanol–water partition coefficient (Wildman–Crippen LogP) is 4.09. The van der Waals surface area contributed by atoms with Crippen molar-refractivity contribution in [1.82, 2.24) is 4.90 Å². The molecule has 0 saturated carbocycles. The number of nitrogens with zero attached hydrogens (tertiary/aromatic N) is 1. The molecule has 1 heterocycles. The van der Waals surface area contributed by atoms with E-state index in [1.54, 1.807) is 24.3 Å². The third-order valence-electron chi connectivity index (χ3n) is 4.15. The smallest absolute Gasteiger partial charge is 0.223 e. The molecular formula is C17H22ClNO2. The number of ketones is 1. The van der Waals surface area contributed by atoms with Crippen LogP contribution in [-0.2, 0) is 4.79 Å². The molecule has 1 aliphatic rings. The van der Waals surface area contributed by atoms with Crippen molar-refractivity contribution >= 4 is 23.3 Å². The van der Waals surface area contributed by atoms with E-state index in [0.717, 1.165) is 25.8 Å². The van der Waals surface area contributed by atoms with E-state index in [1.165, 1.54) is 6.42 Å². The molecule has 21 heavy (non-hydrogen) atoms. The molecule has 1 aromatic carbocycles. The maximum Gasteiger partial charge on any atom is 0.223 e. The van der Waals surface area contributed by atoms with E-state index in [-0.39, 0.29) is 18.1 Å². The third kappa shape index (κ3) is 4.31. The average Bonchev–Trinajstić information content (AvgIpc) is 2.52. The zero-order valence-electron chi connectivity index (χ0n) is 12.5. The molecular weight excluding hydrogens is 286 g/mol. The van der Waals surface area contributed by atoms with Crippen molar-refractivity contribution in [3.63, 3.8) is 0 Å². The summed E-state index contributed by atoms with van der Waals surface area (Å²) in [6.07, 6.45) is 4.94. The molecule has 1 aliphatic heterocycles. The molecule has 4 heteroatoms. The molecule has 2 rings (SSSR count). The Balaban J connectivity index is 1.88. The highest BCUT2D eigenvalue weighted by atomic mass is 35.5. The summed E-state index contributed by atoms with van der Waals surface area (Å²) in [5.74, 6) is 0.119. The Morgan fingerprint density at radius 3 is 2.57 bits per heavy atom. The van der Waals surface area contributed by atoms with E-state index in [1.807, 2.05) is 4.90 Å². The molecule has 0 radical (unpaired) electrons. The van der Waals surface area contributed by atoms with Crippen LogP contribution >= 0.6 is 11.6 Å². The number of likely N-dealkylation sites (tertiary alicyclic amines) is 1. The van der Waals surface area contributed by atoms with Gasteiger partial charge in [-0.1, -0.05) is 18.5 Å². The van der Waals surface area contributed by atoms with Gasteiger partial charge < -0.3 is 4.90 Å². The highest BCUT2D eigenvalue weighted by Gasteiger charge is 2.25. The summed E-state index contributed by atoms with van der Waals surface area (Å²) in [4.78, 5) is 26.4. The molecule has 1 unspecified atom stereocenters. The average molecular weight is 308 g/mol. The van der Waals surface area contributed by atoms with Gasteiger partial charge in [-0.2, -0.15) is 0 Å². The summed E-state index contributed by atoms with van der Waals surface area (Å²) in [6.45, 7) is 2.96. The maximum atomic E-state index is 12.3. The Morgan fingerprint density at radius 1 is 1.19 bits per heavy atom. The molecule has 0 aromatic heterocycles. The van der Waals surface area contributed by atoms with Crippen LogP contribution in [0.25, 0.3) is 0 Å². The largest absolute Gasteiger partial charge is 0.340 e. The molecule has 114 valence electrons. The standard InChI is InChI=1S/C17H22ClNO2/c1-2-15-5-3-4-12-19(15)17(21)11-10-16(20)13-6-8-14(18)9-7-13/h6-9,15H,2-5,10-12H2,1H3. The van der Waals surface area contributed by atoms with Crippen molar-refractivity contribution in [3.05, 3.63) is 34.9 Å². The zero-order chi connectivity index (χ0) is 15.2. The second-order valence-corrected chi connectivity index (χ2v) is 6.01. The van der Waals surface area contributed by atoms with Crippen LogP contribution < -0.4 is 0 Å². The van der Waals surface area contributed by atoms with Crippen LogP contribution in [0.2, 0.25) is 5.02 Å². The van der Waals surface area contributed by atoms with E-state index >= 15 is 0 Å². The van der Waals surface area contributed by atoms with Gasteiger partial charge in [-0.3, -0.25) is 9.59 Å². The molecule has 3 nitrogen and oxygen atoms in total. The van der Waals surface area contributed by atoms with Crippen LogP contribution in [0.5, 0.6) is 0 Å². The topological polar surface area (TPSA) is 37.4 Å². The van der Waals surface area contributed by atoms with Crippen LogP contribution in [0.15, 0.2) is 24.3 Å². The normalized spacial score (nSPS) is 18.6. The summed E-state index contributed by atoms with van der Waals surface area (Å²) in [5, 5.41) is 0.613. The Hall–Kier alpha value is -1.35. The minimum Gasteiger partial charge on any atom is -0.340 e. The number of piperidine rings is 1. The van der Waals surface area contributed by atoms with Crippen LogP contribution in [-0.4, -0.2) is 29.2 Å². The first-order valence-electron chi connectivity index (χ1n) is 7.70. The molecule has 0 spiro atoms. The van der Waals surface area contributed by atoms with Crippen molar-refractivity contribution in [2.75, 3.05) is 6.54 Å². The van der Waals surface area contributed by atoms with Gasteiger partial charge in [-0.25, -0.2) is 0 Å². The van der Waals surface area contributed by atoms with Gasteiger partial charge in [-0.15, -0.1) is 0 Å². The Labute approximate surface area is 131 Å². The number of halogens is 1. The Morgan fingerprint density at radius 2 is 1.90 bits per heavy atom. The number of carbonyl (C=O) groups is 2. The second kappa shape index (κ2) is 7.60. The van der Waals surface area contributed by atoms with E-state index in [0.29, 0.717) is 23.0 Å². The molecule has 1 amide bonds. The first kappa shape index (κ1) is 16.0. The lowest BCUT2D eigenvalue weighted by molar-refractivity contribution is -0.134. The lowest BCUT2D eigenvalue weighted by Crippen LogP contribution is -2.43. The molecule has 0 aliphatic carbocycles. The van der Waals surface area contributed by atoms with E-state index in [9.17, 15) is 9.59 Å². The van der Waals surface area contributed by atoms with Crippen LogP contribution in [0, 0.1) is 0 Å². The number of benzene rings is 1. The number of amides is 1. The summed E-state index contributed by atoms with van der Waals surface area (Å²) in [7, 11) is 0. The van der Waals surface area contributed by atoms with Crippen LogP contribution in [0.3, 0.4) is 0 Å². The SMILES string of the molecule is CCC1CCCCN1C(=O)CCC(=O)c1ccc(Cl)cc1. The molecule has 0 bridgehead atoms. The minimum atomic E-state index is 0.00470. The zero-order valence-corrected chi connectivity index (χ0v) is 13.2. The highest BCUT2D eigenvalue weighted by molar-refractivity contribution is 6.30. The van der Waals surface area contributed by atoms with E-state index in [2.05, 4.69) is 6.92 Å². The van der Waals surface area contributed by atoms with Crippen LogP contribution in [0.1, 0.15) is 55.8 Å². The van der Waals surface area contributed by atoms with Gasteiger partial charge in [0.05, 0.1) is 0 Å². The summed E-state index contributed by atoms with van der Waals surface area (Å²) < 4.78 is 0. The van der Waals surface area contributed by atoms with E-state index in [4.69, 9.17) is 11.6 Å². The summed E-state index contributed by atoms with van der Waals surface area (Å²) in [5.41, 5.74) is 0.623. The number of carbonyl (C=O) groups excluding carboxylic acids is 2. The van der Waals surface area contributed by atoms with Gasteiger partial charge in [0.2, 0.25) is 5.91 Å². The van der Waals surface area contributed by atoms with Gasteiger partial charge in [0.25, 0.3) is 0 Å². The first-order valence-corrected chi connectivity index (χ1v) is 8.08. The van der Waals surface area contributed by atoms with Gasteiger partial charge in [0.1, 0.15) is 0 Å². The number of rotatable bonds is 5. The van der Waals surface area contributed by atoms with Crippen molar-refractivity contribution in [2.24, 2.45) is 0 Å². The first-order chi connectivity index (χ1) is 10.1. The fourth-order valence-corrected chi connectivity index (χ4v) is 3.02. The fourth-order valence-electron chi connectivity index (χ4n) is 2.90. The van der Waals surface area contributed by atoms with Crippen molar-refractivity contribution in [1.29, 1.82) is 0 Å². The van der Waals surface area contributed by atoms with Crippen molar-refractivity contribution in [2.45, 2.75) is 51.5 Å². The lowest BCUT2D eigenvalue weighted by atomic mass is 9.99. The number of hydrogen-bond acceptors (Lipinski definition) is 2. The molecule has 1 aromatic rings. The molecule has 0 N–H and O–H groups in total. The number of Topliss-reactive ketones (excluding diaryl/α,β-unsaturated/α-hetero) is 1. The fraction of sp³-hybridized carbons (Fsp3) is 0.529. The molecule has 1 fully saturated rings. The summed E-state index contributed by atoms with van der Waals surface area (Å²) in [6, 6.07) is 7.19. The lowest BCUT2D eigenvalue weighted by Gasteiger charge is -2.35. The molecule has 1 atom stereocenters.